The quantitative estimate of drug-likeness (QED) is 0.115. The highest BCUT2D eigenvalue weighted by Crippen LogP contribution is 2.47. The van der Waals surface area contributed by atoms with Crippen LogP contribution in [0.3, 0.4) is 0 Å². The van der Waals surface area contributed by atoms with Gasteiger partial charge in [-0.3, -0.25) is 0 Å². The number of hydrogen-bond acceptors (Lipinski definition) is 0. The minimum atomic E-state index is 1.22. The SMILES string of the molecule is Cc1ccc(-c2c3ccccc3c(-c3ccc4c(ccc5ccccc54)c3)c3ccccc23)cc1.c1ccc(-c2cc(-c3ccccc3)cc(-c3c4ccccc4c(-c4ccc5c(ccc6ccccc65)c4)c4ccccc34)c2)cc1. The number of aryl methyl sites for hydroxylation is 1. The topological polar surface area (TPSA) is 0 Å². The molecule has 0 aromatic heterocycles. The molecule has 0 heterocycles. The van der Waals surface area contributed by atoms with Gasteiger partial charge in [0.1, 0.15) is 0 Å². The van der Waals surface area contributed by atoms with E-state index in [1.165, 1.54) is 159 Å². The zero-order valence-corrected chi connectivity index (χ0v) is 44.9. The summed E-state index contributed by atoms with van der Waals surface area (Å²) in [5, 5.41) is 20.5. The van der Waals surface area contributed by atoms with Crippen molar-refractivity contribution < 1.29 is 0 Å². The van der Waals surface area contributed by atoms with Crippen molar-refractivity contribution in [3.05, 3.63) is 315 Å². The Morgan fingerprint density at radius 1 is 0.148 bits per heavy atom. The van der Waals surface area contributed by atoms with E-state index in [-0.39, 0.29) is 0 Å². The van der Waals surface area contributed by atoms with Crippen molar-refractivity contribution in [2.24, 2.45) is 0 Å². The summed E-state index contributed by atoms with van der Waals surface area (Å²) in [4.78, 5) is 0. The molecule has 0 heteroatoms. The van der Waals surface area contributed by atoms with Crippen LogP contribution in [0.25, 0.3) is 153 Å². The van der Waals surface area contributed by atoms with E-state index < -0.39 is 0 Å². The fraction of sp³-hybridized carbons (Fsp3) is 0.0123. The van der Waals surface area contributed by atoms with Crippen LogP contribution in [0.4, 0.5) is 0 Å². The molecule has 0 saturated heterocycles. The second-order valence-electron chi connectivity index (χ2n) is 21.5. The summed E-state index contributed by atoms with van der Waals surface area (Å²) >= 11 is 0. The smallest absolute Gasteiger partial charge is 0.00259 e. The maximum atomic E-state index is 2.37. The Labute approximate surface area is 472 Å². The Bertz CT molecular complexity index is 4920. The highest BCUT2D eigenvalue weighted by Gasteiger charge is 2.20. The van der Waals surface area contributed by atoms with Gasteiger partial charge in [0.05, 0.1) is 0 Å². The van der Waals surface area contributed by atoms with Crippen molar-refractivity contribution in [1.29, 1.82) is 0 Å². The Hall–Kier alpha value is -10.4. The summed E-state index contributed by atoms with van der Waals surface area (Å²) in [5.41, 5.74) is 16.3. The molecule has 0 atom stereocenters. The first kappa shape index (κ1) is 47.8. The number of benzene rings is 16. The highest BCUT2D eigenvalue weighted by atomic mass is 14.2. The van der Waals surface area contributed by atoms with Gasteiger partial charge < -0.3 is 0 Å². The highest BCUT2D eigenvalue weighted by molar-refractivity contribution is 6.24. The first-order valence-electron chi connectivity index (χ1n) is 28.1. The van der Waals surface area contributed by atoms with Crippen LogP contribution in [0.2, 0.25) is 0 Å². The Kier molecular flexibility index (Phi) is 11.9. The van der Waals surface area contributed by atoms with Gasteiger partial charge in [-0.25, -0.2) is 0 Å². The van der Waals surface area contributed by atoms with Gasteiger partial charge in [-0.15, -0.1) is 0 Å². The third-order valence-electron chi connectivity index (χ3n) is 16.7. The lowest BCUT2D eigenvalue weighted by Gasteiger charge is -2.19. The van der Waals surface area contributed by atoms with Crippen molar-refractivity contribution in [1.82, 2.24) is 0 Å². The van der Waals surface area contributed by atoms with E-state index in [4.69, 9.17) is 0 Å². The molecule has 0 saturated carbocycles. The summed E-state index contributed by atoms with van der Waals surface area (Å²) in [5.74, 6) is 0. The third-order valence-corrected chi connectivity index (χ3v) is 16.7. The van der Waals surface area contributed by atoms with Crippen molar-refractivity contribution in [2.75, 3.05) is 0 Å². The molecule has 0 spiro atoms. The zero-order valence-electron chi connectivity index (χ0n) is 44.9. The third kappa shape index (κ3) is 8.49. The lowest BCUT2D eigenvalue weighted by atomic mass is 9.84. The number of hydrogen-bond donors (Lipinski definition) is 0. The molecular weight excluding hydrogens is 973 g/mol. The van der Waals surface area contributed by atoms with Crippen molar-refractivity contribution in [2.45, 2.75) is 6.92 Å². The van der Waals surface area contributed by atoms with E-state index in [9.17, 15) is 0 Å². The lowest BCUT2D eigenvalue weighted by Crippen LogP contribution is -1.92. The Balaban J connectivity index is 0.000000145. The molecule has 0 aliphatic heterocycles. The molecule has 0 unspecified atom stereocenters. The molecule has 0 aliphatic rings. The number of rotatable bonds is 6. The fourth-order valence-corrected chi connectivity index (χ4v) is 12.9. The van der Waals surface area contributed by atoms with Crippen LogP contribution in [0.15, 0.2) is 309 Å². The van der Waals surface area contributed by atoms with Crippen molar-refractivity contribution in [3.8, 4) is 66.8 Å². The van der Waals surface area contributed by atoms with Gasteiger partial charge in [0.2, 0.25) is 0 Å². The molecule has 0 fully saturated rings. The molecule has 0 nitrogen and oxygen atoms in total. The van der Waals surface area contributed by atoms with E-state index in [1.54, 1.807) is 0 Å². The first-order chi connectivity index (χ1) is 40.1. The molecule has 0 N–H and O–H groups in total. The second-order valence-corrected chi connectivity index (χ2v) is 21.5. The minimum Gasteiger partial charge on any atom is -0.0622 e. The average molecular weight is 1030 g/mol. The van der Waals surface area contributed by atoms with E-state index in [1.807, 2.05) is 0 Å². The molecule has 378 valence electrons. The van der Waals surface area contributed by atoms with Gasteiger partial charge in [-0.05, 0) is 190 Å². The summed E-state index contributed by atoms with van der Waals surface area (Å²) in [7, 11) is 0. The zero-order chi connectivity index (χ0) is 53.8. The summed E-state index contributed by atoms with van der Waals surface area (Å²) in [6.07, 6.45) is 0. The Morgan fingerprint density at radius 2 is 0.420 bits per heavy atom. The summed E-state index contributed by atoms with van der Waals surface area (Å²) in [6.45, 7) is 2.14. The van der Waals surface area contributed by atoms with Gasteiger partial charge in [-0.1, -0.05) is 285 Å². The largest absolute Gasteiger partial charge is 0.0622 e. The van der Waals surface area contributed by atoms with Gasteiger partial charge in [-0.2, -0.15) is 0 Å². The molecule has 16 rings (SSSR count). The minimum absolute atomic E-state index is 1.22. The molecular formula is C81H54. The lowest BCUT2D eigenvalue weighted by molar-refractivity contribution is 1.47. The van der Waals surface area contributed by atoms with E-state index in [0.29, 0.717) is 0 Å². The molecule has 0 amide bonds. The standard InChI is InChI=1S/C46H30.C35H24/c1-3-13-31(14-4-1)36-28-37(32-15-5-2-6-16-32)30-38(29-36)46-43-21-11-9-19-41(43)45(42-20-10-12-22-44(42)46)35-25-26-40-34(27-35)24-23-33-17-7-8-18-39(33)40;1-23-14-16-25(17-15-23)34-30-10-4-6-12-32(30)35(33-13-7-5-11-31(33)34)27-20-21-29-26(22-27)19-18-24-8-2-3-9-28(24)29/h1-30H;2-22H,1H3. The maximum absolute atomic E-state index is 2.37. The van der Waals surface area contributed by atoms with Crippen LogP contribution in [-0.2, 0) is 0 Å². The van der Waals surface area contributed by atoms with Gasteiger partial charge >= 0.3 is 0 Å². The van der Waals surface area contributed by atoms with E-state index >= 15 is 0 Å². The van der Waals surface area contributed by atoms with Gasteiger partial charge in [0.25, 0.3) is 0 Å². The van der Waals surface area contributed by atoms with Crippen molar-refractivity contribution >= 4 is 86.2 Å². The molecule has 16 aromatic carbocycles. The van der Waals surface area contributed by atoms with E-state index in [2.05, 4.69) is 316 Å². The monoisotopic (exact) mass is 1030 g/mol. The molecule has 81 heavy (non-hydrogen) atoms. The molecule has 16 aromatic rings. The van der Waals surface area contributed by atoms with Gasteiger partial charge in [0, 0.05) is 0 Å². The average Bonchev–Trinajstić information content (AvgIpc) is 3.54. The fourth-order valence-electron chi connectivity index (χ4n) is 12.9. The first-order valence-corrected chi connectivity index (χ1v) is 28.1. The molecule has 0 bridgehead atoms. The normalized spacial score (nSPS) is 11.5. The molecule has 0 radical (unpaired) electrons. The van der Waals surface area contributed by atoms with Crippen LogP contribution < -0.4 is 0 Å². The predicted molar refractivity (Wildman–Crippen MR) is 350 cm³/mol. The number of fused-ring (bicyclic) bond motifs is 10. The van der Waals surface area contributed by atoms with Gasteiger partial charge in [0.15, 0.2) is 0 Å². The summed E-state index contributed by atoms with van der Waals surface area (Å²) in [6, 6.07) is 113. The van der Waals surface area contributed by atoms with Crippen LogP contribution in [0.1, 0.15) is 5.56 Å². The van der Waals surface area contributed by atoms with Crippen LogP contribution in [0, 0.1) is 6.92 Å². The van der Waals surface area contributed by atoms with Crippen LogP contribution in [-0.4, -0.2) is 0 Å². The van der Waals surface area contributed by atoms with E-state index in [0.717, 1.165) is 0 Å². The van der Waals surface area contributed by atoms with Crippen LogP contribution >= 0.6 is 0 Å². The molecule has 0 aliphatic carbocycles. The Morgan fingerprint density at radius 3 is 0.802 bits per heavy atom. The predicted octanol–water partition coefficient (Wildman–Crippen LogP) is 22.9. The second kappa shape index (κ2) is 20.1. The van der Waals surface area contributed by atoms with Crippen LogP contribution in [0.5, 0.6) is 0 Å². The van der Waals surface area contributed by atoms with Crippen molar-refractivity contribution in [3.63, 3.8) is 0 Å². The summed E-state index contributed by atoms with van der Waals surface area (Å²) < 4.78 is 0. The maximum Gasteiger partial charge on any atom is -0.00259 e.